The van der Waals surface area contributed by atoms with Crippen LogP contribution >= 0.6 is 11.3 Å². The lowest BCUT2D eigenvalue weighted by atomic mass is 10.1. The Morgan fingerprint density at radius 3 is 2.86 bits per heavy atom. The van der Waals surface area contributed by atoms with Crippen LogP contribution in [0, 0.1) is 6.92 Å². The topological polar surface area (TPSA) is 42.0 Å². The van der Waals surface area contributed by atoms with Gasteiger partial charge in [-0.15, -0.1) is 11.3 Å². The molecule has 0 atom stereocenters. The molecule has 0 spiro atoms. The second kappa shape index (κ2) is 6.71. The number of amides is 1. The monoisotopic (exact) mass is 310 g/mol. The van der Waals surface area contributed by atoms with Crippen molar-refractivity contribution in [2.45, 2.75) is 19.8 Å². The van der Waals surface area contributed by atoms with E-state index in [-0.39, 0.29) is 5.91 Å². The number of aromatic nitrogens is 1. The average molecular weight is 310 g/mol. The van der Waals surface area contributed by atoms with E-state index in [4.69, 9.17) is 0 Å². The fraction of sp³-hybridized carbons (Fsp3) is 0.222. The molecule has 22 heavy (non-hydrogen) atoms. The van der Waals surface area contributed by atoms with Crippen LogP contribution in [-0.4, -0.2) is 17.4 Å². The zero-order chi connectivity index (χ0) is 15.4. The summed E-state index contributed by atoms with van der Waals surface area (Å²) in [5.41, 5.74) is 2.88. The number of thiazole rings is 1. The molecule has 0 saturated carbocycles. The maximum atomic E-state index is 12.0. The van der Waals surface area contributed by atoms with Crippen molar-refractivity contribution in [3.05, 3.63) is 64.7 Å². The third kappa shape index (κ3) is 3.52. The van der Waals surface area contributed by atoms with E-state index in [0.717, 1.165) is 34.5 Å². The number of rotatable bonds is 5. The van der Waals surface area contributed by atoms with E-state index in [1.54, 1.807) is 11.3 Å². The third-order valence-corrected chi connectivity index (χ3v) is 4.57. The fourth-order valence-electron chi connectivity index (χ4n) is 2.36. The first-order valence-electron chi connectivity index (χ1n) is 7.42. The van der Waals surface area contributed by atoms with Crippen molar-refractivity contribution < 1.29 is 4.79 Å². The molecular weight excluding hydrogens is 292 g/mol. The largest absolute Gasteiger partial charge is 0.352 e. The number of carbonyl (C=O) groups is 1. The van der Waals surface area contributed by atoms with Gasteiger partial charge in [-0.3, -0.25) is 4.79 Å². The average Bonchev–Trinajstić information content (AvgIpc) is 2.94. The maximum Gasteiger partial charge on any atom is 0.251 e. The number of hydrogen-bond acceptors (Lipinski definition) is 3. The van der Waals surface area contributed by atoms with Gasteiger partial charge in [-0.25, -0.2) is 4.98 Å². The minimum absolute atomic E-state index is 0.00648. The summed E-state index contributed by atoms with van der Waals surface area (Å²) in [7, 11) is 0. The molecule has 3 rings (SSSR count). The lowest BCUT2D eigenvalue weighted by Gasteiger charge is -2.05. The van der Waals surface area contributed by atoms with Gasteiger partial charge < -0.3 is 5.32 Å². The zero-order valence-corrected chi connectivity index (χ0v) is 13.3. The molecule has 112 valence electrons. The van der Waals surface area contributed by atoms with E-state index in [2.05, 4.69) is 16.4 Å². The molecule has 1 amide bonds. The van der Waals surface area contributed by atoms with E-state index in [1.807, 2.05) is 49.4 Å². The molecular formula is C18H18N2OS. The van der Waals surface area contributed by atoms with Crippen molar-refractivity contribution in [2.24, 2.45) is 0 Å². The van der Waals surface area contributed by atoms with Gasteiger partial charge in [-0.1, -0.05) is 29.8 Å². The van der Waals surface area contributed by atoms with Crippen LogP contribution < -0.4 is 5.32 Å². The Labute approximate surface area is 134 Å². The molecule has 0 radical (unpaired) electrons. The normalized spacial score (nSPS) is 10.8. The predicted octanol–water partition coefficient (Wildman–Crippen LogP) is 3.97. The second-order valence-corrected chi connectivity index (χ2v) is 6.42. The SMILES string of the molecule is Cc1cccc(C(=O)NCCCc2nc3ccccc3s2)c1. The molecule has 0 bridgehead atoms. The highest BCUT2D eigenvalue weighted by Gasteiger charge is 2.06. The maximum absolute atomic E-state index is 12.0. The summed E-state index contributed by atoms with van der Waals surface area (Å²) in [4.78, 5) is 16.6. The van der Waals surface area contributed by atoms with Crippen molar-refractivity contribution >= 4 is 27.5 Å². The minimum atomic E-state index is -0.00648. The Bertz CT molecular complexity index is 761. The van der Waals surface area contributed by atoms with Crippen LogP contribution in [0.25, 0.3) is 10.2 Å². The first-order valence-corrected chi connectivity index (χ1v) is 8.23. The second-order valence-electron chi connectivity index (χ2n) is 5.30. The van der Waals surface area contributed by atoms with Gasteiger partial charge in [0.1, 0.15) is 0 Å². The molecule has 2 aromatic carbocycles. The molecule has 0 fully saturated rings. The summed E-state index contributed by atoms with van der Waals surface area (Å²) in [5, 5.41) is 4.10. The van der Waals surface area contributed by atoms with Gasteiger partial charge in [0.15, 0.2) is 0 Å². The van der Waals surface area contributed by atoms with E-state index in [9.17, 15) is 4.79 Å². The van der Waals surface area contributed by atoms with Gasteiger partial charge >= 0.3 is 0 Å². The number of benzene rings is 2. The smallest absolute Gasteiger partial charge is 0.251 e. The molecule has 1 heterocycles. The summed E-state index contributed by atoms with van der Waals surface area (Å²) >= 11 is 1.73. The number of fused-ring (bicyclic) bond motifs is 1. The first kappa shape index (κ1) is 14.7. The molecule has 0 aliphatic heterocycles. The Balaban J connectivity index is 1.50. The summed E-state index contributed by atoms with van der Waals surface area (Å²) in [6, 6.07) is 15.8. The van der Waals surface area contributed by atoms with Crippen molar-refractivity contribution in [3.63, 3.8) is 0 Å². The van der Waals surface area contributed by atoms with E-state index < -0.39 is 0 Å². The Hall–Kier alpha value is -2.20. The van der Waals surface area contributed by atoms with Crippen LogP contribution in [0.15, 0.2) is 48.5 Å². The molecule has 0 saturated heterocycles. The molecule has 3 aromatic rings. The summed E-state index contributed by atoms with van der Waals surface area (Å²) < 4.78 is 1.22. The molecule has 0 aliphatic carbocycles. The minimum Gasteiger partial charge on any atom is -0.352 e. The highest BCUT2D eigenvalue weighted by atomic mass is 32.1. The van der Waals surface area contributed by atoms with E-state index in [0.29, 0.717) is 6.54 Å². The number of aryl methyl sites for hydroxylation is 2. The standard InChI is InChI=1S/C18H18N2OS/c1-13-6-4-7-14(12-13)18(21)19-11-5-10-17-20-15-8-2-3-9-16(15)22-17/h2-4,6-9,12H,5,10-11H2,1H3,(H,19,21). The predicted molar refractivity (Wildman–Crippen MR) is 91.5 cm³/mol. The number of para-hydroxylation sites is 1. The van der Waals surface area contributed by atoms with Crippen molar-refractivity contribution in [3.8, 4) is 0 Å². The Morgan fingerprint density at radius 1 is 1.18 bits per heavy atom. The van der Waals surface area contributed by atoms with Gasteiger partial charge in [0.25, 0.3) is 5.91 Å². The molecule has 0 unspecified atom stereocenters. The van der Waals surface area contributed by atoms with Crippen LogP contribution in [0.3, 0.4) is 0 Å². The summed E-state index contributed by atoms with van der Waals surface area (Å²) in [6.07, 6.45) is 1.80. The van der Waals surface area contributed by atoms with Crippen LogP contribution in [0.4, 0.5) is 0 Å². The van der Waals surface area contributed by atoms with Crippen molar-refractivity contribution in [1.82, 2.24) is 10.3 Å². The number of carbonyl (C=O) groups excluding carboxylic acids is 1. The molecule has 3 nitrogen and oxygen atoms in total. The lowest BCUT2D eigenvalue weighted by molar-refractivity contribution is 0.0953. The highest BCUT2D eigenvalue weighted by Crippen LogP contribution is 2.22. The first-order chi connectivity index (χ1) is 10.7. The lowest BCUT2D eigenvalue weighted by Crippen LogP contribution is -2.24. The van der Waals surface area contributed by atoms with Crippen molar-refractivity contribution in [1.29, 1.82) is 0 Å². The van der Waals surface area contributed by atoms with Crippen LogP contribution in [0.1, 0.15) is 27.3 Å². The van der Waals surface area contributed by atoms with E-state index in [1.165, 1.54) is 4.70 Å². The summed E-state index contributed by atoms with van der Waals surface area (Å²) in [5.74, 6) is -0.00648. The van der Waals surface area contributed by atoms with Gasteiger partial charge in [0.2, 0.25) is 0 Å². The zero-order valence-electron chi connectivity index (χ0n) is 12.5. The number of nitrogens with zero attached hydrogens (tertiary/aromatic N) is 1. The molecule has 4 heteroatoms. The van der Waals surface area contributed by atoms with Crippen LogP contribution in [0.5, 0.6) is 0 Å². The fourth-order valence-corrected chi connectivity index (χ4v) is 3.37. The Morgan fingerprint density at radius 2 is 2.05 bits per heavy atom. The third-order valence-electron chi connectivity index (χ3n) is 3.47. The number of nitrogens with one attached hydrogen (secondary N) is 1. The molecule has 0 aliphatic rings. The van der Waals surface area contributed by atoms with Crippen LogP contribution in [0.2, 0.25) is 0 Å². The Kier molecular flexibility index (Phi) is 4.49. The van der Waals surface area contributed by atoms with Gasteiger partial charge in [-0.2, -0.15) is 0 Å². The van der Waals surface area contributed by atoms with Crippen LogP contribution in [-0.2, 0) is 6.42 Å². The quantitative estimate of drug-likeness (QED) is 0.725. The van der Waals surface area contributed by atoms with Gasteiger partial charge in [-0.05, 0) is 37.6 Å². The van der Waals surface area contributed by atoms with Crippen molar-refractivity contribution in [2.75, 3.05) is 6.54 Å². The van der Waals surface area contributed by atoms with Gasteiger partial charge in [0.05, 0.1) is 15.2 Å². The van der Waals surface area contributed by atoms with E-state index >= 15 is 0 Å². The highest BCUT2D eigenvalue weighted by molar-refractivity contribution is 7.18. The molecule has 1 N–H and O–H groups in total. The number of hydrogen-bond donors (Lipinski definition) is 1. The molecule has 1 aromatic heterocycles. The summed E-state index contributed by atoms with van der Waals surface area (Å²) in [6.45, 7) is 2.66. The van der Waals surface area contributed by atoms with Gasteiger partial charge in [0, 0.05) is 18.5 Å².